The van der Waals surface area contributed by atoms with Crippen LogP contribution < -0.4 is 9.47 Å². The van der Waals surface area contributed by atoms with Crippen molar-refractivity contribution >= 4 is 22.6 Å². The Labute approximate surface area is 153 Å². The first-order chi connectivity index (χ1) is 12.9. The number of nitrogens with zero attached hydrogens (tertiary/aromatic N) is 2. The predicted octanol–water partition coefficient (Wildman–Crippen LogP) is 3.25. The lowest BCUT2D eigenvalue weighted by Crippen LogP contribution is -2.00. The summed E-state index contributed by atoms with van der Waals surface area (Å²) in [5.74, 6) is -0.588. The first-order valence-corrected chi connectivity index (χ1v) is 7.55. The molecule has 0 saturated carbocycles. The summed E-state index contributed by atoms with van der Waals surface area (Å²) >= 11 is 0. The number of phenols is 1. The molecule has 140 valence electrons. The summed E-state index contributed by atoms with van der Waals surface area (Å²) in [5.41, 5.74) is 0.0275. The van der Waals surface area contributed by atoms with Crippen LogP contribution in [0.5, 0.6) is 17.2 Å². The maximum absolute atomic E-state index is 10.7. The molecule has 3 rings (SSSR count). The van der Waals surface area contributed by atoms with Crippen molar-refractivity contribution in [3.05, 3.63) is 64.3 Å². The standard InChI is InChI=1S/C9H6N2O3.C9H10O4/c12-9-7(11(13)14)4-3-6-2-1-5-10-8(6)9;1-12-6-3-4-8(13-2)7(5-6)9(10)11/h1-5,12H;3-5H,1-2H3,(H,10,11). The highest BCUT2D eigenvalue weighted by Gasteiger charge is 2.16. The molecule has 1 aromatic heterocycles. The average Bonchev–Trinajstić information content (AvgIpc) is 2.68. The van der Waals surface area contributed by atoms with Gasteiger partial charge in [0.05, 0.1) is 19.1 Å². The molecule has 27 heavy (non-hydrogen) atoms. The van der Waals surface area contributed by atoms with Crippen LogP contribution in [0.2, 0.25) is 0 Å². The zero-order valence-corrected chi connectivity index (χ0v) is 14.4. The van der Waals surface area contributed by atoms with E-state index >= 15 is 0 Å². The molecule has 0 radical (unpaired) electrons. The van der Waals surface area contributed by atoms with Crippen molar-refractivity contribution in [1.29, 1.82) is 0 Å². The zero-order valence-electron chi connectivity index (χ0n) is 14.4. The van der Waals surface area contributed by atoms with Crippen LogP contribution in [-0.2, 0) is 0 Å². The van der Waals surface area contributed by atoms with Crippen molar-refractivity contribution in [1.82, 2.24) is 4.98 Å². The number of aromatic carboxylic acids is 1. The van der Waals surface area contributed by atoms with E-state index in [4.69, 9.17) is 14.6 Å². The van der Waals surface area contributed by atoms with Crippen LogP contribution in [0.4, 0.5) is 5.69 Å². The minimum atomic E-state index is -1.03. The van der Waals surface area contributed by atoms with Gasteiger partial charge in [0.15, 0.2) is 0 Å². The molecule has 0 aliphatic rings. The molecule has 9 heteroatoms. The van der Waals surface area contributed by atoms with Gasteiger partial charge in [-0.05, 0) is 30.3 Å². The number of hydrogen-bond donors (Lipinski definition) is 2. The molecular weight excluding hydrogens is 356 g/mol. The maximum Gasteiger partial charge on any atom is 0.339 e. The molecular formula is C18H16N2O7. The lowest BCUT2D eigenvalue weighted by Gasteiger charge is -2.06. The second-order valence-corrected chi connectivity index (χ2v) is 5.14. The van der Waals surface area contributed by atoms with E-state index in [1.54, 1.807) is 30.3 Å². The van der Waals surface area contributed by atoms with Crippen LogP contribution in [0, 0.1) is 10.1 Å². The van der Waals surface area contributed by atoms with E-state index < -0.39 is 10.9 Å². The third kappa shape index (κ3) is 4.40. The highest BCUT2D eigenvalue weighted by molar-refractivity contribution is 5.91. The summed E-state index contributed by atoms with van der Waals surface area (Å²) in [4.78, 5) is 24.4. The first-order valence-electron chi connectivity index (χ1n) is 7.55. The maximum atomic E-state index is 10.7. The summed E-state index contributed by atoms with van der Waals surface area (Å²) in [7, 11) is 2.90. The Morgan fingerprint density at radius 2 is 1.89 bits per heavy atom. The van der Waals surface area contributed by atoms with Crippen LogP contribution in [0.25, 0.3) is 10.9 Å². The molecule has 9 nitrogen and oxygen atoms in total. The number of ether oxygens (including phenoxy) is 2. The van der Waals surface area contributed by atoms with Crippen LogP contribution in [-0.4, -0.2) is 40.3 Å². The second kappa shape index (κ2) is 8.48. The molecule has 0 aliphatic heterocycles. The number of pyridine rings is 1. The van der Waals surface area contributed by atoms with Crippen molar-refractivity contribution in [3.8, 4) is 17.2 Å². The summed E-state index contributed by atoms with van der Waals surface area (Å²) in [6.45, 7) is 0. The quantitative estimate of drug-likeness (QED) is 0.527. The number of nitro groups is 1. The molecule has 2 N–H and O–H groups in total. The zero-order chi connectivity index (χ0) is 20.0. The number of fused-ring (bicyclic) bond motifs is 1. The van der Waals surface area contributed by atoms with E-state index in [1.807, 2.05) is 0 Å². The fraction of sp³-hybridized carbons (Fsp3) is 0.111. The number of methoxy groups -OCH3 is 2. The number of carbonyl (C=O) groups is 1. The van der Waals surface area contributed by atoms with E-state index in [0.717, 1.165) is 0 Å². The van der Waals surface area contributed by atoms with E-state index in [0.29, 0.717) is 16.9 Å². The number of carboxylic acids is 1. The summed E-state index contributed by atoms with van der Waals surface area (Å²) in [5, 5.41) is 29.5. The van der Waals surface area contributed by atoms with Crippen LogP contribution >= 0.6 is 0 Å². The third-order valence-corrected chi connectivity index (χ3v) is 3.56. The van der Waals surface area contributed by atoms with Crippen LogP contribution in [0.3, 0.4) is 0 Å². The van der Waals surface area contributed by atoms with Gasteiger partial charge in [-0.25, -0.2) is 4.79 Å². The number of phenolic OH excluding ortho intramolecular Hbond substituents is 1. The predicted molar refractivity (Wildman–Crippen MR) is 96.6 cm³/mol. The van der Waals surface area contributed by atoms with Gasteiger partial charge >= 0.3 is 11.7 Å². The van der Waals surface area contributed by atoms with Crippen LogP contribution in [0.1, 0.15) is 10.4 Å². The lowest BCUT2D eigenvalue weighted by atomic mass is 10.2. The molecule has 3 aromatic rings. The number of nitro benzene ring substituents is 1. The minimum absolute atomic E-state index is 0.0989. The Hall–Kier alpha value is -3.88. The average molecular weight is 372 g/mol. The number of rotatable bonds is 4. The molecule has 0 saturated heterocycles. The number of carboxylic acid groups (broad SMARTS) is 1. The fourth-order valence-electron chi connectivity index (χ4n) is 2.25. The summed E-state index contributed by atoms with van der Waals surface area (Å²) < 4.78 is 9.76. The van der Waals surface area contributed by atoms with E-state index in [9.17, 15) is 20.0 Å². The Morgan fingerprint density at radius 3 is 2.48 bits per heavy atom. The Morgan fingerprint density at radius 1 is 1.15 bits per heavy atom. The number of aromatic hydroxyl groups is 1. The monoisotopic (exact) mass is 372 g/mol. The normalized spacial score (nSPS) is 9.85. The Kier molecular flexibility index (Phi) is 6.10. The SMILES string of the molecule is COc1ccc(OC)c(C(=O)O)c1.O=[N+]([O-])c1ccc2cccnc2c1O. The smallest absolute Gasteiger partial charge is 0.339 e. The van der Waals surface area contributed by atoms with Gasteiger partial charge < -0.3 is 19.7 Å². The van der Waals surface area contributed by atoms with Crippen molar-refractivity contribution in [2.45, 2.75) is 0 Å². The molecule has 0 bridgehead atoms. The van der Waals surface area contributed by atoms with Gasteiger partial charge in [0, 0.05) is 17.6 Å². The Bertz CT molecular complexity index is 989. The molecule has 0 atom stereocenters. The molecule has 0 fully saturated rings. The molecule has 0 amide bonds. The number of hydrogen-bond acceptors (Lipinski definition) is 7. The van der Waals surface area contributed by atoms with Crippen molar-refractivity contribution in [2.75, 3.05) is 14.2 Å². The van der Waals surface area contributed by atoms with Gasteiger partial charge in [-0.1, -0.05) is 6.07 Å². The fourth-order valence-corrected chi connectivity index (χ4v) is 2.25. The first kappa shape index (κ1) is 19.4. The number of benzene rings is 2. The van der Waals surface area contributed by atoms with Gasteiger partial charge in [-0.2, -0.15) is 0 Å². The topological polar surface area (TPSA) is 132 Å². The van der Waals surface area contributed by atoms with Crippen molar-refractivity contribution in [2.24, 2.45) is 0 Å². The summed E-state index contributed by atoms with van der Waals surface area (Å²) in [6.07, 6.45) is 1.48. The second-order valence-electron chi connectivity index (χ2n) is 5.14. The molecule has 0 spiro atoms. The third-order valence-electron chi connectivity index (χ3n) is 3.56. The molecule has 0 aliphatic carbocycles. The van der Waals surface area contributed by atoms with Gasteiger partial charge in [0.25, 0.3) is 0 Å². The van der Waals surface area contributed by atoms with Crippen LogP contribution in [0.15, 0.2) is 48.7 Å². The molecule has 2 aromatic carbocycles. The van der Waals surface area contributed by atoms with E-state index in [1.165, 1.54) is 32.5 Å². The highest BCUT2D eigenvalue weighted by Crippen LogP contribution is 2.32. The summed E-state index contributed by atoms with van der Waals surface area (Å²) in [6, 6.07) is 10.9. The van der Waals surface area contributed by atoms with Gasteiger partial charge in [0.1, 0.15) is 22.6 Å². The van der Waals surface area contributed by atoms with E-state index in [-0.39, 0.29) is 22.5 Å². The van der Waals surface area contributed by atoms with Crippen molar-refractivity contribution in [3.63, 3.8) is 0 Å². The largest absolute Gasteiger partial charge is 0.501 e. The minimum Gasteiger partial charge on any atom is -0.501 e. The van der Waals surface area contributed by atoms with E-state index in [2.05, 4.69) is 4.98 Å². The highest BCUT2D eigenvalue weighted by atomic mass is 16.6. The van der Waals surface area contributed by atoms with Gasteiger partial charge in [-0.3, -0.25) is 15.1 Å². The van der Waals surface area contributed by atoms with Crippen molar-refractivity contribution < 1.29 is 29.4 Å². The number of aromatic nitrogens is 1. The Balaban J connectivity index is 0.000000194. The van der Waals surface area contributed by atoms with Gasteiger partial charge in [-0.15, -0.1) is 0 Å². The lowest BCUT2D eigenvalue weighted by molar-refractivity contribution is -0.385. The molecule has 1 heterocycles. The molecule has 0 unspecified atom stereocenters. The van der Waals surface area contributed by atoms with Gasteiger partial charge in [0.2, 0.25) is 5.75 Å².